The van der Waals surface area contributed by atoms with Crippen LogP contribution in [0, 0.1) is 16.7 Å². The fourth-order valence-corrected chi connectivity index (χ4v) is 4.46. The molecule has 0 saturated carbocycles. The molecule has 0 aromatic heterocycles. The number of nitriles is 1. The average molecular weight is 462 g/mol. The second kappa shape index (κ2) is 8.27. The number of halogens is 3. The van der Waals surface area contributed by atoms with Crippen LogP contribution in [0.4, 0.5) is 13.2 Å². The molecule has 33 heavy (non-hydrogen) atoms. The fourth-order valence-electron chi connectivity index (χ4n) is 4.46. The van der Waals surface area contributed by atoms with Crippen molar-refractivity contribution in [2.24, 2.45) is 16.9 Å². The van der Waals surface area contributed by atoms with Crippen LogP contribution in [-0.2, 0) is 25.3 Å². The molecule has 174 valence electrons. The van der Waals surface area contributed by atoms with E-state index < -0.39 is 64.6 Å². The van der Waals surface area contributed by atoms with E-state index in [9.17, 15) is 32.8 Å². The number of hydrogen-bond donors (Lipinski definition) is 2. The SMILES string of the molecule is CC(C)OC(=O)[C@]1(C#N)[C@H](c2ccccc2C(F)(F)F)[C@H](C(N)=O)N2C=C(C(N)=O)C=C[C@H]21. The lowest BCUT2D eigenvalue weighted by Crippen LogP contribution is -2.46. The molecule has 1 aromatic carbocycles. The van der Waals surface area contributed by atoms with Crippen molar-refractivity contribution < 1.29 is 32.3 Å². The summed E-state index contributed by atoms with van der Waals surface area (Å²) in [5.41, 5.74) is 6.96. The van der Waals surface area contributed by atoms with Gasteiger partial charge in [-0.05, 0) is 31.6 Å². The third kappa shape index (κ3) is 3.82. The van der Waals surface area contributed by atoms with Crippen molar-refractivity contribution in [2.45, 2.75) is 44.1 Å². The first kappa shape index (κ1) is 23.8. The monoisotopic (exact) mass is 462 g/mol. The molecule has 11 heteroatoms. The van der Waals surface area contributed by atoms with E-state index in [2.05, 4.69) is 0 Å². The maximum absolute atomic E-state index is 13.9. The number of nitrogens with two attached hydrogens (primary N) is 2. The van der Waals surface area contributed by atoms with Gasteiger partial charge in [-0.2, -0.15) is 18.4 Å². The number of ether oxygens (including phenoxy) is 1. The Morgan fingerprint density at radius 1 is 1.21 bits per heavy atom. The molecule has 4 N–H and O–H groups in total. The van der Waals surface area contributed by atoms with Crippen molar-refractivity contribution in [3.63, 3.8) is 0 Å². The minimum atomic E-state index is -4.85. The van der Waals surface area contributed by atoms with E-state index in [1.54, 1.807) is 0 Å². The summed E-state index contributed by atoms with van der Waals surface area (Å²) in [6.07, 6.45) is -1.90. The molecule has 3 rings (SSSR count). The first-order valence-corrected chi connectivity index (χ1v) is 9.91. The Balaban J connectivity index is 2.38. The molecular weight excluding hydrogens is 441 g/mol. The number of primary amides is 2. The summed E-state index contributed by atoms with van der Waals surface area (Å²) in [4.78, 5) is 38.8. The van der Waals surface area contributed by atoms with Gasteiger partial charge in [0.05, 0.1) is 29.4 Å². The first-order valence-electron chi connectivity index (χ1n) is 9.91. The van der Waals surface area contributed by atoms with Crippen LogP contribution in [0.1, 0.15) is 30.9 Å². The zero-order chi connectivity index (χ0) is 24.7. The molecule has 0 unspecified atom stereocenters. The van der Waals surface area contributed by atoms with Gasteiger partial charge >= 0.3 is 12.1 Å². The van der Waals surface area contributed by atoms with E-state index in [1.165, 1.54) is 32.1 Å². The molecule has 0 aliphatic carbocycles. The number of hydrogen-bond acceptors (Lipinski definition) is 6. The maximum atomic E-state index is 13.9. The van der Waals surface area contributed by atoms with Gasteiger partial charge in [0.25, 0.3) is 0 Å². The maximum Gasteiger partial charge on any atom is 0.416 e. The lowest BCUT2D eigenvalue weighted by Gasteiger charge is -2.33. The number of carbonyl (C=O) groups excluding carboxylic acids is 3. The van der Waals surface area contributed by atoms with E-state index in [1.807, 2.05) is 6.07 Å². The predicted octanol–water partition coefficient (Wildman–Crippen LogP) is 1.73. The second-order valence-electron chi connectivity index (χ2n) is 8.04. The number of nitrogens with zero attached hydrogens (tertiary/aromatic N) is 2. The molecule has 4 atom stereocenters. The number of carbonyl (C=O) groups is 3. The van der Waals surface area contributed by atoms with Gasteiger partial charge in [0.2, 0.25) is 11.8 Å². The molecule has 0 bridgehead atoms. The highest BCUT2D eigenvalue weighted by Crippen LogP contribution is 2.55. The lowest BCUT2D eigenvalue weighted by atomic mass is 9.67. The van der Waals surface area contributed by atoms with E-state index in [0.29, 0.717) is 0 Å². The van der Waals surface area contributed by atoms with Gasteiger partial charge in [-0.1, -0.05) is 24.3 Å². The van der Waals surface area contributed by atoms with Crippen LogP contribution in [0.2, 0.25) is 0 Å². The minimum absolute atomic E-state index is 0.0775. The lowest BCUT2D eigenvalue weighted by molar-refractivity contribution is -0.158. The van der Waals surface area contributed by atoms with Crippen molar-refractivity contribution in [3.05, 3.63) is 59.3 Å². The largest absolute Gasteiger partial charge is 0.462 e. The zero-order valence-electron chi connectivity index (χ0n) is 17.7. The second-order valence-corrected chi connectivity index (χ2v) is 8.04. The van der Waals surface area contributed by atoms with E-state index in [4.69, 9.17) is 16.2 Å². The Hall–Kier alpha value is -3.81. The molecule has 2 heterocycles. The van der Waals surface area contributed by atoms with Crippen LogP contribution in [0.3, 0.4) is 0 Å². The summed E-state index contributed by atoms with van der Waals surface area (Å²) in [5, 5.41) is 10.3. The highest BCUT2D eigenvalue weighted by molar-refractivity contribution is 5.96. The molecule has 2 amide bonds. The van der Waals surface area contributed by atoms with Gasteiger partial charge in [-0.25, -0.2) is 0 Å². The van der Waals surface area contributed by atoms with Crippen molar-refractivity contribution in [2.75, 3.05) is 0 Å². The number of fused-ring (bicyclic) bond motifs is 1. The van der Waals surface area contributed by atoms with E-state index in [-0.39, 0.29) is 5.57 Å². The van der Waals surface area contributed by atoms with E-state index >= 15 is 0 Å². The average Bonchev–Trinajstić information content (AvgIpc) is 3.03. The quantitative estimate of drug-likeness (QED) is 0.639. The number of benzene rings is 1. The first-order chi connectivity index (χ1) is 15.4. The van der Waals surface area contributed by atoms with Gasteiger partial charge in [-0.3, -0.25) is 14.4 Å². The number of rotatable bonds is 5. The highest BCUT2D eigenvalue weighted by atomic mass is 19.4. The molecule has 0 radical (unpaired) electrons. The number of amides is 2. The Kier molecular flexibility index (Phi) is 5.98. The Bertz CT molecular complexity index is 1110. The smallest absolute Gasteiger partial charge is 0.416 e. The third-order valence-electron chi connectivity index (χ3n) is 5.70. The van der Waals surface area contributed by atoms with Crippen molar-refractivity contribution >= 4 is 17.8 Å². The summed E-state index contributed by atoms with van der Waals surface area (Å²) < 4.78 is 47.0. The molecule has 2 aliphatic heterocycles. The van der Waals surface area contributed by atoms with Crippen LogP contribution in [-0.4, -0.2) is 40.9 Å². The zero-order valence-corrected chi connectivity index (χ0v) is 17.7. The van der Waals surface area contributed by atoms with Crippen LogP contribution in [0.5, 0.6) is 0 Å². The molecule has 8 nitrogen and oxygen atoms in total. The van der Waals surface area contributed by atoms with Crippen LogP contribution >= 0.6 is 0 Å². The highest BCUT2D eigenvalue weighted by Gasteiger charge is 2.67. The molecule has 1 aromatic rings. The molecule has 1 saturated heterocycles. The topological polar surface area (TPSA) is 140 Å². The summed E-state index contributed by atoms with van der Waals surface area (Å²) in [6.45, 7) is 3.03. The van der Waals surface area contributed by atoms with Crippen LogP contribution < -0.4 is 11.5 Å². The van der Waals surface area contributed by atoms with Gasteiger partial charge in [0.15, 0.2) is 5.41 Å². The van der Waals surface area contributed by atoms with E-state index in [0.717, 1.165) is 29.3 Å². The Labute approximate surface area is 187 Å². The molecular formula is C22H21F3N4O4. The van der Waals surface area contributed by atoms with Gasteiger partial charge in [0, 0.05) is 12.1 Å². The standard InChI is InChI=1S/C22H21F3N4O4/c1-11(2)33-20(32)21(10-26)15-8-7-12(18(27)30)9-29(15)17(19(28)31)16(21)13-5-3-4-6-14(13)22(23,24)25/h3-9,11,15-17H,1-2H3,(H2,27,30)(H2,28,31)/t15-,16+,17+,21-/m0/s1. The minimum Gasteiger partial charge on any atom is -0.462 e. The summed E-state index contributed by atoms with van der Waals surface area (Å²) in [5.74, 6) is -4.74. The summed E-state index contributed by atoms with van der Waals surface area (Å²) in [6, 6.07) is 3.36. The van der Waals surface area contributed by atoms with Crippen molar-refractivity contribution in [1.82, 2.24) is 4.90 Å². The summed E-state index contributed by atoms with van der Waals surface area (Å²) in [7, 11) is 0. The number of alkyl halides is 3. The van der Waals surface area contributed by atoms with Crippen LogP contribution in [0.15, 0.2) is 48.2 Å². The van der Waals surface area contributed by atoms with Gasteiger partial charge in [0.1, 0.15) is 6.04 Å². The van der Waals surface area contributed by atoms with Gasteiger partial charge < -0.3 is 21.1 Å². The predicted molar refractivity (Wildman–Crippen MR) is 108 cm³/mol. The van der Waals surface area contributed by atoms with Gasteiger partial charge in [-0.15, -0.1) is 0 Å². The fraction of sp³-hybridized carbons (Fsp3) is 0.364. The third-order valence-corrected chi connectivity index (χ3v) is 5.70. The van der Waals surface area contributed by atoms with Crippen molar-refractivity contribution in [3.8, 4) is 6.07 Å². The number of esters is 1. The molecule has 2 aliphatic rings. The normalized spacial score (nSPS) is 26.4. The summed E-state index contributed by atoms with van der Waals surface area (Å²) >= 11 is 0. The molecule has 1 fully saturated rings. The Morgan fingerprint density at radius 3 is 2.36 bits per heavy atom. The van der Waals surface area contributed by atoms with Crippen molar-refractivity contribution in [1.29, 1.82) is 5.26 Å². The Morgan fingerprint density at radius 2 is 1.85 bits per heavy atom. The molecule has 0 spiro atoms. The van der Waals surface area contributed by atoms with Crippen LogP contribution in [0.25, 0.3) is 0 Å².